The standard InChI is InChI=1S/C9H8F3NO3/c1-15-8(14)4-6-2-3-7(5-13-6)16-9(10,11)12/h2-3,5H,4H2,1H3. The van der Waals surface area contributed by atoms with Gasteiger partial charge in [0.1, 0.15) is 5.75 Å². The molecule has 7 heteroatoms. The Kier molecular flexibility index (Phi) is 3.70. The van der Waals surface area contributed by atoms with Crippen LogP contribution in [0.2, 0.25) is 0 Å². The van der Waals surface area contributed by atoms with Crippen LogP contribution in [0.15, 0.2) is 18.3 Å². The maximum atomic E-state index is 11.8. The topological polar surface area (TPSA) is 48.4 Å². The smallest absolute Gasteiger partial charge is 0.469 e. The van der Waals surface area contributed by atoms with E-state index in [-0.39, 0.29) is 6.42 Å². The Balaban J connectivity index is 2.64. The Hall–Kier alpha value is -1.79. The summed E-state index contributed by atoms with van der Waals surface area (Å²) in [5, 5.41) is 0. The number of halogens is 3. The maximum Gasteiger partial charge on any atom is 0.573 e. The van der Waals surface area contributed by atoms with Gasteiger partial charge >= 0.3 is 12.3 Å². The van der Waals surface area contributed by atoms with E-state index in [4.69, 9.17) is 0 Å². The van der Waals surface area contributed by atoms with Gasteiger partial charge in [-0.15, -0.1) is 13.2 Å². The zero-order valence-corrected chi connectivity index (χ0v) is 8.25. The highest BCUT2D eigenvalue weighted by Crippen LogP contribution is 2.21. The van der Waals surface area contributed by atoms with E-state index in [1.165, 1.54) is 13.2 Å². The van der Waals surface area contributed by atoms with Crippen LogP contribution in [0.3, 0.4) is 0 Å². The zero-order chi connectivity index (χ0) is 12.2. The number of nitrogens with zero attached hydrogens (tertiary/aromatic N) is 1. The first-order chi connectivity index (χ1) is 7.40. The lowest BCUT2D eigenvalue weighted by molar-refractivity contribution is -0.274. The van der Waals surface area contributed by atoms with E-state index >= 15 is 0 Å². The highest BCUT2D eigenvalue weighted by molar-refractivity contribution is 5.71. The molecule has 0 spiro atoms. The molecule has 16 heavy (non-hydrogen) atoms. The fourth-order valence-corrected chi connectivity index (χ4v) is 0.930. The van der Waals surface area contributed by atoms with Gasteiger partial charge in [-0.1, -0.05) is 0 Å². The summed E-state index contributed by atoms with van der Waals surface area (Å²) in [6.45, 7) is 0. The zero-order valence-electron chi connectivity index (χ0n) is 8.25. The summed E-state index contributed by atoms with van der Waals surface area (Å²) in [5.74, 6) is -0.946. The van der Waals surface area contributed by atoms with E-state index in [0.717, 1.165) is 12.3 Å². The van der Waals surface area contributed by atoms with Crippen LogP contribution in [-0.2, 0) is 16.0 Å². The number of aromatic nitrogens is 1. The molecule has 0 unspecified atom stereocenters. The lowest BCUT2D eigenvalue weighted by atomic mass is 10.3. The Labute approximate surface area is 89.0 Å². The first-order valence-electron chi connectivity index (χ1n) is 4.18. The number of alkyl halides is 3. The van der Waals surface area contributed by atoms with Gasteiger partial charge < -0.3 is 9.47 Å². The molecule has 0 N–H and O–H groups in total. The predicted molar refractivity (Wildman–Crippen MR) is 46.6 cm³/mol. The molecule has 1 aromatic heterocycles. The molecule has 0 atom stereocenters. The van der Waals surface area contributed by atoms with Gasteiger partial charge in [0.2, 0.25) is 0 Å². The second-order valence-corrected chi connectivity index (χ2v) is 2.79. The Morgan fingerprint density at radius 2 is 2.12 bits per heavy atom. The first kappa shape index (κ1) is 12.3. The maximum absolute atomic E-state index is 11.8. The molecule has 0 bridgehead atoms. The summed E-state index contributed by atoms with van der Waals surface area (Å²) >= 11 is 0. The molecule has 1 heterocycles. The highest BCUT2D eigenvalue weighted by atomic mass is 19.4. The number of ether oxygens (including phenoxy) is 2. The van der Waals surface area contributed by atoms with Gasteiger partial charge in [0.05, 0.1) is 25.4 Å². The van der Waals surface area contributed by atoms with Crippen LogP contribution in [0.25, 0.3) is 0 Å². The van der Waals surface area contributed by atoms with Crippen molar-refractivity contribution in [2.24, 2.45) is 0 Å². The normalized spacial score (nSPS) is 11.0. The van der Waals surface area contributed by atoms with Gasteiger partial charge in [0.25, 0.3) is 0 Å². The molecule has 0 saturated heterocycles. The van der Waals surface area contributed by atoms with Crippen LogP contribution in [-0.4, -0.2) is 24.4 Å². The van der Waals surface area contributed by atoms with Crippen molar-refractivity contribution in [1.29, 1.82) is 0 Å². The van der Waals surface area contributed by atoms with Crippen molar-refractivity contribution in [3.8, 4) is 5.75 Å². The highest BCUT2D eigenvalue weighted by Gasteiger charge is 2.31. The number of hydrogen-bond donors (Lipinski definition) is 0. The van der Waals surface area contributed by atoms with Gasteiger partial charge in [-0.3, -0.25) is 9.78 Å². The Bertz CT molecular complexity index is 361. The molecular formula is C9H8F3NO3. The Morgan fingerprint density at radius 1 is 1.44 bits per heavy atom. The molecular weight excluding hydrogens is 227 g/mol. The molecule has 1 aromatic rings. The minimum atomic E-state index is -4.74. The lowest BCUT2D eigenvalue weighted by Crippen LogP contribution is -2.17. The van der Waals surface area contributed by atoms with Crippen molar-refractivity contribution in [2.45, 2.75) is 12.8 Å². The summed E-state index contributed by atoms with van der Waals surface area (Å²) in [6.07, 6.45) is -3.94. The fraction of sp³-hybridized carbons (Fsp3) is 0.333. The second-order valence-electron chi connectivity index (χ2n) is 2.79. The van der Waals surface area contributed by atoms with E-state index in [9.17, 15) is 18.0 Å². The number of rotatable bonds is 3. The minimum absolute atomic E-state index is 0.0944. The summed E-state index contributed by atoms with van der Waals surface area (Å²) in [7, 11) is 1.21. The largest absolute Gasteiger partial charge is 0.573 e. The van der Waals surface area contributed by atoms with Crippen molar-refractivity contribution >= 4 is 5.97 Å². The molecule has 4 nitrogen and oxygen atoms in total. The van der Waals surface area contributed by atoms with Crippen LogP contribution in [0, 0.1) is 0 Å². The van der Waals surface area contributed by atoms with Crippen LogP contribution < -0.4 is 4.74 Å². The summed E-state index contributed by atoms with van der Waals surface area (Å²) in [6, 6.07) is 2.34. The third kappa shape index (κ3) is 4.16. The molecule has 0 amide bonds. The molecule has 0 aromatic carbocycles. The van der Waals surface area contributed by atoms with Crippen molar-refractivity contribution in [3.05, 3.63) is 24.0 Å². The third-order valence-corrected chi connectivity index (χ3v) is 1.58. The fourth-order valence-electron chi connectivity index (χ4n) is 0.930. The quantitative estimate of drug-likeness (QED) is 0.748. The van der Waals surface area contributed by atoms with Gasteiger partial charge in [-0.25, -0.2) is 0 Å². The average molecular weight is 235 g/mol. The second kappa shape index (κ2) is 4.82. The van der Waals surface area contributed by atoms with Crippen molar-refractivity contribution in [1.82, 2.24) is 4.98 Å². The van der Waals surface area contributed by atoms with E-state index in [0.29, 0.717) is 5.69 Å². The van der Waals surface area contributed by atoms with Crippen molar-refractivity contribution in [2.75, 3.05) is 7.11 Å². The number of pyridine rings is 1. The SMILES string of the molecule is COC(=O)Cc1ccc(OC(F)(F)F)cn1. The van der Waals surface area contributed by atoms with Crippen LogP contribution >= 0.6 is 0 Å². The molecule has 0 radical (unpaired) electrons. The molecule has 0 fully saturated rings. The molecule has 88 valence electrons. The number of methoxy groups -OCH3 is 1. The van der Waals surface area contributed by atoms with Gasteiger partial charge in [0, 0.05) is 0 Å². The first-order valence-corrected chi connectivity index (χ1v) is 4.18. The van der Waals surface area contributed by atoms with Crippen LogP contribution in [0.4, 0.5) is 13.2 Å². The number of carbonyl (C=O) groups is 1. The molecule has 1 rings (SSSR count). The van der Waals surface area contributed by atoms with E-state index < -0.39 is 18.1 Å². The van der Waals surface area contributed by atoms with Crippen molar-refractivity contribution in [3.63, 3.8) is 0 Å². The summed E-state index contributed by atoms with van der Waals surface area (Å²) in [5.41, 5.74) is 0.307. The van der Waals surface area contributed by atoms with Crippen LogP contribution in [0.1, 0.15) is 5.69 Å². The monoisotopic (exact) mass is 235 g/mol. The molecule has 0 aliphatic carbocycles. The number of hydrogen-bond acceptors (Lipinski definition) is 4. The van der Waals surface area contributed by atoms with Gasteiger partial charge in [0.15, 0.2) is 0 Å². The average Bonchev–Trinajstić information content (AvgIpc) is 2.18. The summed E-state index contributed by atoms with van der Waals surface area (Å²) in [4.78, 5) is 14.4. The van der Waals surface area contributed by atoms with Gasteiger partial charge in [-0.05, 0) is 12.1 Å². The van der Waals surface area contributed by atoms with E-state index in [1.807, 2.05) is 0 Å². The van der Waals surface area contributed by atoms with E-state index in [1.54, 1.807) is 0 Å². The third-order valence-electron chi connectivity index (χ3n) is 1.58. The molecule has 0 aliphatic heterocycles. The minimum Gasteiger partial charge on any atom is -0.469 e. The van der Waals surface area contributed by atoms with Crippen molar-refractivity contribution < 1.29 is 27.4 Å². The molecule has 0 saturated carbocycles. The van der Waals surface area contributed by atoms with Gasteiger partial charge in [-0.2, -0.15) is 0 Å². The summed E-state index contributed by atoms with van der Waals surface area (Å²) < 4.78 is 43.3. The number of esters is 1. The van der Waals surface area contributed by atoms with Crippen LogP contribution in [0.5, 0.6) is 5.75 Å². The van der Waals surface area contributed by atoms with E-state index in [2.05, 4.69) is 14.5 Å². The number of carbonyl (C=O) groups excluding carboxylic acids is 1. The lowest BCUT2D eigenvalue weighted by Gasteiger charge is -2.08. The molecule has 0 aliphatic rings. The Morgan fingerprint density at radius 3 is 2.56 bits per heavy atom. The predicted octanol–water partition coefficient (Wildman–Crippen LogP) is 1.70.